The van der Waals surface area contributed by atoms with Gasteiger partial charge in [0.15, 0.2) is 0 Å². The van der Waals surface area contributed by atoms with E-state index in [-0.39, 0.29) is 0 Å². The number of allylic oxidation sites excluding steroid dienone is 1. The normalized spacial score (nSPS) is 12.7. The summed E-state index contributed by atoms with van der Waals surface area (Å²) in [5.41, 5.74) is 0. The lowest BCUT2D eigenvalue weighted by Crippen LogP contribution is -2.02. The highest BCUT2D eigenvalue weighted by Crippen LogP contribution is 2.14. The van der Waals surface area contributed by atoms with E-state index in [2.05, 4.69) is 6.92 Å². The van der Waals surface area contributed by atoms with Gasteiger partial charge in [0.05, 0.1) is 6.61 Å². The maximum Gasteiger partial charge on any atom is 0.330 e. The summed E-state index contributed by atoms with van der Waals surface area (Å²) < 4.78 is 18.2. The molecule has 0 aliphatic heterocycles. The number of rotatable bonds is 16. The van der Waals surface area contributed by atoms with E-state index in [1.807, 2.05) is 0 Å². The van der Waals surface area contributed by atoms with Crippen LogP contribution in [-0.2, 0) is 9.53 Å². The topological polar surface area (TPSA) is 26.3 Å². The van der Waals surface area contributed by atoms with Crippen LogP contribution in [-0.4, -0.2) is 18.7 Å². The molecule has 0 spiro atoms. The van der Waals surface area contributed by atoms with Crippen LogP contribution in [0.25, 0.3) is 0 Å². The molecular formula is C20H37FO2. The van der Waals surface area contributed by atoms with Crippen LogP contribution in [0.5, 0.6) is 0 Å². The Morgan fingerprint density at radius 3 is 1.83 bits per heavy atom. The van der Waals surface area contributed by atoms with Gasteiger partial charge in [0, 0.05) is 6.08 Å². The third-order valence-corrected chi connectivity index (χ3v) is 4.06. The molecule has 0 aromatic rings. The molecule has 0 heterocycles. The minimum Gasteiger partial charge on any atom is -0.463 e. The van der Waals surface area contributed by atoms with Crippen LogP contribution in [0.1, 0.15) is 97.3 Å². The monoisotopic (exact) mass is 328 g/mol. The maximum atomic E-state index is 13.5. The molecule has 1 atom stereocenters. The SMILES string of the molecule is CCCCCCCCCCCCCC[C@H](F)/C=C/C(=O)OCC. The maximum absolute atomic E-state index is 13.5. The number of hydrogen-bond donors (Lipinski definition) is 0. The Hall–Kier alpha value is -0.860. The Labute approximate surface area is 142 Å². The Balaban J connectivity index is 3.27. The average molecular weight is 329 g/mol. The van der Waals surface area contributed by atoms with Gasteiger partial charge in [-0.3, -0.25) is 0 Å². The van der Waals surface area contributed by atoms with Crippen LogP contribution >= 0.6 is 0 Å². The number of hydrogen-bond acceptors (Lipinski definition) is 2. The third-order valence-electron chi connectivity index (χ3n) is 4.06. The lowest BCUT2D eigenvalue weighted by molar-refractivity contribution is -0.137. The molecule has 2 nitrogen and oxygen atoms in total. The molecule has 0 rings (SSSR count). The molecule has 0 unspecified atom stereocenters. The second kappa shape index (κ2) is 17.5. The summed E-state index contributed by atoms with van der Waals surface area (Å²) in [6.45, 7) is 4.33. The molecule has 0 saturated carbocycles. The Kier molecular flexibility index (Phi) is 16.8. The molecule has 0 aromatic carbocycles. The number of alkyl halides is 1. The largest absolute Gasteiger partial charge is 0.463 e. The zero-order valence-electron chi connectivity index (χ0n) is 15.3. The lowest BCUT2D eigenvalue weighted by Gasteiger charge is -2.04. The average Bonchev–Trinajstić information content (AvgIpc) is 2.54. The fourth-order valence-electron chi connectivity index (χ4n) is 2.65. The van der Waals surface area contributed by atoms with Gasteiger partial charge in [-0.15, -0.1) is 0 Å². The number of ether oxygens (including phenoxy) is 1. The molecule has 0 radical (unpaired) electrons. The van der Waals surface area contributed by atoms with Gasteiger partial charge in [-0.25, -0.2) is 9.18 Å². The number of esters is 1. The van der Waals surface area contributed by atoms with Gasteiger partial charge in [-0.2, -0.15) is 0 Å². The minimum atomic E-state index is -1.03. The molecule has 0 saturated heterocycles. The molecule has 0 amide bonds. The van der Waals surface area contributed by atoms with E-state index in [1.165, 1.54) is 76.4 Å². The van der Waals surface area contributed by atoms with E-state index in [0.717, 1.165) is 12.8 Å². The van der Waals surface area contributed by atoms with Crippen LogP contribution in [0.3, 0.4) is 0 Å². The second-order valence-electron chi connectivity index (χ2n) is 6.30. The van der Waals surface area contributed by atoms with Crippen molar-refractivity contribution in [3.8, 4) is 0 Å². The predicted molar refractivity (Wildman–Crippen MR) is 96.4 cm³/mol. The number of carbonyl (C=O) groups is 1. The van der Waals surface area contributed by atoms with Crippen molar-refractivity contribution in [3.63, 3.8) is 0 Å². The Morgan fingerprint density at radius 1 is 0.870 bits per heavy atom. The molecule has 0 aliphatic rings. The first-order valence-electron chi connectivity index (χ1n) is 9.69. The highest BCUT2D eigenvalue weighted by molar-refractivity contribution is 5.81. The summed E-state index contributed by atoms with van der Waals surface area (Å²) in [7, 11) is 0. The second-order valence-corrected chi connectivity index (χ2v) is 6.30. The first-order chi connectivity index (χ1) is 11.2. The van der Waals surface area contributed by atoms with Gasteiger partial charge in [0.25, 0.3) is 0 Å². The minimum absolute atomic E-state index is 0.332. The first-order valence-corrected chi connectivity index (χ1v) is 9.69. The van der Waals surface area contributed by atoms with Crippen molar-refractivity contribution < 1.29 is 13.9 Å². The predicted octanol–water partition coefficient (Wildman–Crippen LogP) is 6.54. The van der Waals surface area contributed by atoms with E-state index >= 15 is 0 Å². The number of unbranched alkanes of at least 4 members (excludes halogenated alkanes) is 11. The summed E-state index contributed by atoms with van der Waals surface area (Å²) in [6.07, 6.45) is 17.4. The van der Waals surface area contributed by atoms with Gasteiger partial charge in [-0.05, 0) is 19.4 Å². The van der Waals surface area contributed by atoms with Crippen molar-refractivity contribution in [1.29, 1.82) is 0 Å². The molecule has 0 N–H and O–H groups in total. The Morgan fingerprint density at radius 2 is 1.35 bits per heavy atom. The van der Waals surface area contributed by atoms with Crippen molar-refractivity contribution >= 4 is 5.97 Å². The van der Waals surface area contributed by atoms with E-state index in [4.69, 9.17) is 4.74 Å². The van der Waals surface area contributed by atoms with Crippen LogP contribution in [0.15, 0.2) is 12.2 Å². The van der Waals surface area contributed by atoms with Gasteiger partial charge in [0.2, 0.25) is 0 Å². The summed E-state index contributed by atoms with van der Waals surface area (Å²) >= 11 is 0. The van der Waals surface area contributed by atoms with E-state index < -0.39 is 12.1 Å². The van der Waals surface area contributed by atoms with Gasteiger partial charge >= 0.3 is 5.97 Å². The first kappa shape index (κ1) is 22.1. The van der Waals surface area contributed by atoms with Crippen LogP contribution in [0, 0.1) is 0 Å². The quantitative estimate of drug-likeness (QED) is 0.183. The van der Waals surface area contributed by atoms with Gasteiger partial charge in [0.1, 0.15) is 6.17 Å². The third kappa shape index (κ3) is 17.3. The van der Waals surface area contributed by atoms with Crippen molar-refractivity contribution in [2.45, 2.75) is 103 Å². The molecular weight excluding hydrogens is 291 g/mol. The Bertz CT molecular complexity index is 289. The van der Waals surface area contributed by atoms with Crippen LogP contribution < -0.4 is 0 Å². The molecule has 0 aromatic heterocycles. The van der Waals surface area contributed by atoms with Gasteiger partial charge in [-0.1, -0.05) is 84.0 Å². The smallest absolute Gasteiger partial charge is 0.330 e. The van der Waals surface area contributed by atoms with Crippen LogP contribution in [0.2, 0.25) is 0 Å². The van der Waals surface area contributed by atoms with E-state index in [9.17, 15) is 9.18 Å². The van der Waals surface area contributed by atoms with Gasteiger partial charge < -0.3 is 4.74 Å². The number of halogens is 1. The molecule has 0 bridgehead atoms. The van der Waals surface area contributed by atoms with Crippen LogP contribution in [0.4, 0.5) is 4.39 Å². The zero-order chi connectivity index (χ0) is 17.2. The summed E-state index contributed by atoms with van der Waals surface area (Å²) in [4.78, 5) is 11.0. The highest BCUT2D eigenvalue weighted by atomic mass is 19.1. The summed E-state index contributed by atoms with van der Waals surface area (Å²) in [5.74, 6) is -0.454. The van der Waals surface area contributed by atoms with E-state index in [0.29, 0.717) is 13.0 Å². The standard InChI is InChI=1S/C20H37FO2/c1-3-5-6-7-8-9-10-11-12-13-14-15-16-19(21)17-18-20(22)23-4-2/h17-19H,3-16H2,1-2H3/b18-17+/t19-/m0/s1. The van der Waals surface area contributed by atoms with Crippen molar-refractivity contribution in [2.24, 2.45) is 0 Å². The molecule has 23 heavy (non-hydrogen) atoms. The molecule has 136 valence electrons. The highest BCUT2D eigenvalue weighted by Gasteiger charge is 2.03. The molecule has 0 aliphatic carbocycles. The number of carbonyl (C=O) groups excluding carboxylic acids is 1. The fraction of sp³-hybridized carbons (Fsp3) is 0.850. The van der Waals surface area contributed by atoms with Crippen molar-refractivity contribution in [1.82, 2.24) is 0 Å². The van der Waals surface area contributed by atoms with E-state index in [1.54, 1.807) is 6.92 Å². The van der Waals surface area contributed by atoms with Crippen molar-refractivity contribution in [2.75, 3.05) is 6.61 Å². The molecule has 3 heteroatoms. The molecule has 0 fully saturated rings. The fourth-order valence-corrected chi connectivity index (χ4v) is 2.65. The van der Waals surface area contributed by atoms with Crippen molar-refractivity contribution in [3.05, 3.63) is 12.2 Å². The zero-order valence-corrected chi connectivity index (χ0v) is 15.3. The summed E-state index contributed by atoms with van der Waals surface area (Å²) in [6, 6.07) is 0. The summed E-state index contributed by atoms with van der Waals surface area (Å²) in [5, 5.41) is 0. The lowest BCUT2D eigenvalue weighted by atomic mass is 10.0.